The molecule has 0 spiro atoms. The lowest BCUT2D eigenvalue weighted by atomic mass is 10.4. The fraction of sp³-hybridized carbons (Fsp3) is 1.00. The van der Waals surface area contributed by atoms with Crippen LogP contribution in [0, 0.1) is 0 Å². The van der Waals surface area contributed by atoms with Crippen LogP contribution in [0.5, 0.6) is 0 Å². The van der Waals surface area contributed by atoms with Gasteiger partial charge in [0.2, 0.25) is 0 Å². The summed E-state index contributed by atoms with van der Waals surface area (Å²) in [5, 5.41) is 6.70. The van der Waals surface area contributed by atoms with Crippen LogP contribution in [-0.4, -0.2) is 50.8 Å². The number of nitrogens with one attached hydrogen (secondary N) is 2. The van der Waals surface area contributed by atoms with E-state index in [0.29, 0.717) is 0 Å². The molecule has 0 aromatic heterocycles. The van der Waals surface area contributed by atoms with E-state index in [2.05, 4.69) is 10.6 Å². The highest BCUT2D eigenvalue weighted by Crippen LogP contribution is 1.82. The van der Waals surface area contributed by atoms with Crippen molar-refractivity contribution in [2.24, 2.45) is 11.5 Å². The van der Waals surface area contributed by atoms with E-state index in [0.717, 1.165) is 63.6 Å². The van der Waals surface area contributed by atoms with Crippen molar-refractivity contribution in [1.82, 2.24) is 10.6 Å². The van der Waals surface area contributed by atoms with Crippen LogP contribution in [0.15, 0.2) is 0 Å². The minimum Gasteiger partial charge on any atom is -0.330 e. The second-order valence-corrected chi connectivity index (χ2v) is 6.74. The van der Waals surface area contributed by atoms with Crippen molar-refractivity contribution in [3.05, 3.63) is 0 Å². The molecule has 0 aromatic carbocycles. The SMILES string of the molecule is NCCCNCCS(=S)CCNCCCN. The molecule has 98 valence electrons. The molecular formula is C10H26N4S2. The van der Waals surface area contributed by atoms with E-state index in [1.807, 2.05) is 0 Å². The maximum atomic E-state index is 5.40. The van der Waals surface area contributed by atoms with Gasteiger partial charge in [-0.1, -0.05) is 11.2 Å². The number of nitrogens with two attached hydrogens (primary N) is 2. The molecule has 0 radical (unpaired) electrons. The molecular weight excluding hydrogens is 240 g/mol. The van der Waals surface area contributed by atoms with Crippen LogP contribution >= 0.6 is 0 Å². The van der Waals surface area contributed by atoms with Gasteiger partial charge in [0.1, 0.15) is 0 Å². The minimum absolute atomic E-state index is 0.115. The average molecular weight is 266 g/mol. The van der Waals surface area contributed by atoms with E-state index in [1.54, 1.807) is 0 Å². The predicted octanol–water partition coefficient (Wildman–Crippen LogP) is -1.06. The molecule has 0 bridgehead atoms. The Kier molecular flexibility index (Phi) is 13.8. The van der Waals surface area contributed by atoms with Crippen LogP contribution in [-0.2, 0) is 20.6 Å². The first-order valence-corrected chi connectivity index (χ1v) is 8.46. The van der Waals surface area contributed by atoms with Gasteiger partial charge in [0, 0.05) is 24.6 Å². The summed E-state index contributed by atoms with van der Waals surface area (Å²) in [6.07, 6.45) is 2.09. The lowest BCUT2D eigenvalue weighted by molar-refractivity contribution is 0.677. The molecule has 0 amide bonds. The lowest BCUT2D eigenvalue weighted by Gasteiger charge is -2.07. The van der Waals surface area contributed by atoms with Crippen molar-refractivity contribution in [1.29, 1.82) is 0 Å². The van der Waals surface area contributed by atoms with Crippen molar-refractivity contribution in [2.45, 2.75) is 12.8 Å². The van der Waals surface area contributed by atoms with E-state index in [1.165, 1.54) is 0 Å². The van der Waals surface area contributed by atoms with Crippen molar-refractivity contribution < 1.29 is 0 Å². The lowest BCUT2D eigenvalue weighted by Crippen LogP contribution is -2.27. The van der Waals surface area contributed by atoms with E-state index in [-0.39, 0.29) is 9.45 Å². The molecule has 0 fully saturated rings. The van der Waals surface area contributed by atoms with Crippen LogP contribution in [0.1, 0.15) is 12.8 Å². The highest BCUT2D eigenvalue weighted by atomic mass is 32.8. The molecule has 0 saturated carbocycles. The summed E-state index contributed by atoms with van der Waals surface area (Å²) >= 11 is 5.39. The Morgan fingerprint density at radius 2 is 1.25 bits per heavy atom. The largest absolute Gasteiger partial charge is 0.330 e. The van der Waals surface area contributed by atoms with Crippen molar-refractivity contribution in [2.75, 3.05) is 50.8 Å². The number of rotatable bonds is 12. The van der Waals surface area contributed by atoms with E-state index in [9.17, 15) is 0 Å². The highest BCUT2D eigenvalue weighted by molar-refractivity contribution is 8.28. The molecule has 6 heteroatoms. The molecule has 0 aliphatic heterocycles. The van der Waals surface area contributed by atoms with Crippen LogP contribution in [0.25, 0.3) is 0 Å². The summed E-state index contributed by atoms with van der Waals surface area (Å²) in [6, 6.07) is 0. The summed E-state index contributed by atoms with van der Waals surface area (Å²) in [6.45, 7) is 5.59. The molecule has 0 saturated heterocycles. The van der Waals surface area contributed by atoms with Gasteiger partial charge in [0.15, 0.2) is 0 Å². The van der Waals surface area contributed by atoms with Crippen LogP contribution in [0.4, 0.5) is 0 Å². The fourth-order valence-corrected chi connectivity index (χ4v) is 2.63. The van der Waals surface area contributed by atoms with Crippen molar-refractivity contribution >= 4 is 20.6 Å². The van der Waals surface area contributed by atoms with Crippen molar-refractivity contribution in [3.63, 3.8) is 0 Å². The van der Waals surface area contributed by atoms with Gasteiger partial charge in [-0.25, -0.2) is 0 Å². The maximum absolute atomic E-state index is 5.40. The standard InChI is InChI=1S/C10H26N4S2/c11-3-1-5-13-7-9-16(15)10-8-14-6-2-4-12/h13-14H,1-12H2. The van der Waals surface area contributed by atoms with Gasteiger partial charge >= 0.3 is 0 Å². The molecule has 0 rings (SSSR count). The summed E-state index contributed by atoms with van der Waals surface area (Å²) in [7, 11) is 0.115. The molecule has 0 aliphatic carbocycles. The Labute approximate surface area is 107 Å². The third-order valence-electron chi connectivity index (χ3n) is 2.13. The first kappa shape index (κ1) is 16.4. The van der Waals surface area contributed by atoms with Gasteiger partial charge in [0.25, 0.3) is 0 Å². The van der Waals surface area contributed by atoms with Crippen LogP contribution in [0.3, 0.4) is 0 Å². The van der Waals surface area contributed by atoms with E-state index < -0.39 is 0 Å². The Balaban J connectivity index is 3.12. The van der Waals surface area contributed by atoms with Crippen molar-refractivity contribution in [3.8, 4) is 0 Å². The molecule has 0 aliphatic rings. The third kappa shape index (κ3) is 12.5. The quantitative estimate of drug-likeness (QED) is 0.339. The highest BCUT2D eigenvalue weighted by Gasteiger charge is 1.95. The zero-order chi connectivity index (χ0) is 12.1. The predicted molar refractivity (Wildman–Crippen MR) is 77.5 cm³/mol. The Bertz CT molecular complexity index is 151. The zero-order valence-corrected chi connectivity index (χ0v) is 11.7. The fourth-order valence-electron chi connectivity index (χ4n) is 1.18. The molecule has 0 atom stereocenters. The monoisotopic (exact) mass is 266 g/mol. The molecule has 0 unspecified atom stereocenters. The van der Waals surface area contributed by atoms with Crippen LogP contribution < -0.4 is 22.1 Å². The van der Waals surface area contributed by atoms with Gasteiger partial charge in [-0.2, -0.15) is 0 Å². The first-order chi connectivity index (χ1) is 7.81. The molecule has 0 heterocycles. The second kappa shape index (κ2) is 13.5. The minimum atomic E-state index is 0.115. The number of hydrogen-bond acceptors (Lipinski definition) is 5. The smallest absolute Gasteiger partial charge is 0.0105 e. The topological polar surface area (TPSA) is 76.1 Å². The van der Waals surface area contributed by atoms with Crippen LogP contribution in [0.2, 0.25) is 0 Å². The molecule has 4 nitrogen and oxygen atoms in total. The second-order valence-electron chi connectivity index (χ2n) is 3.63. The van der Waals surface area contributed by atoms with Gasteiger partial charge in [-0.05, 0) is 39.0 Å². The molecule has 6 N–H and O–H groups in total. The maximum Gasteiger partial charge on any atom is 0.0105 e. The Hall–Kier alpha value is 0.410. The van der Waals surface area contributed by atoms with Gasteiger partial charge < -0.3 is 22.1 Å². The van der Waals surface area contributed by atoms with Gasteiger partial charge in [0.05, 0.1) is 0 Å². The first-order valence-electron chi connectivity index (χ1n) is 5.97. The molecule has 16 heavy (non-hydrogen) atoms. The Morgan fingerprint density at radius 3 is 1.62 bits per heavy atom. The third-order valence-corrected chi connectivity index (χ3v) is 4.45. The van der Waals surface area contributed by atoms with Gasteiger partial charge in [-0.3, -0.25) is 0 Å². The molecule has 0 aromatic rings. The zero-order valence-electron chi connectivity index (χ0n) is 10.0. The summed E-state index contributed by atoms with van der Waals surface area (Å²) < 4.78 is 0. The summed E-state index contributed by atoms with van der Waals surface area (Å²) in [5.41, 5.74) is 10.8. The van der Waals surface area contributed by atoms with E-state index >= 15 is 0 Å². The average Bonchev–Trinajstić information content (AvgIpc) is 2.28. The van der Waals surface area contributed by atoms with E-state index in [4.69, 9.17) is 22.7 Å². The summed E-state index contributed by atoms with van der Waals surface area (Å²) in [5.74, 6) is 2.19. The summed E-state index contributed by atoms with van der Waals surface area (Å²) in [4.78, 5) is 0. The Morgan fingerprint density at radius 1 is 0.812 bits per heavy atom. The number of hydrogen-bond donors (Lipinski definition) is 4. The normalized spacial score (nSPS) is 11.2. The van der Waals surface area contributed by atoms with Gasteiger partial charge in [-0.15, -0.1) is 9.45 Å².